The van der Waals surface area contributed by atoms with E-state index in [-0.39, 0.29) is 17.3 Å². The van der Waals surface area contributed by atoms with Crippen LogP contribution in [-0.2, 0) is 13.1 Å². The average Bonchev–Trinajstić information content (AvgIpc) is 3.13. The average molecular weight is 471 g/mol. The topological polar surface area (TPSA) is 58.4 Å². The fourth-order valence-electron chi connectivity index (χ4n) is 4.59. The monoisotopic (exact) mass is 470 g/mol. The predicted molar refractivity (Wildman–Crippen MR) is 134 cm³/mol. The molecule has 5 rings (SSSR count). The van der Waals surface area contributed by atoms with Crippen LogP contribution in [-0.4, -0.2) is 51.7 Å². The molecule has 6 nitrogen and oxygen atoms in total. The van der Waals surface area contributed by atoms with Gasteiger partial charge in [-0.3, -0.25) is 14.5 Å². The molecule has 0 bridgehead atoms. The summed E-state index contributed by atoms with van der Waals surface area (Å²) in [5.41, 5.74) is 2.10. The van der Waals surface area contributed by atoms with E-state index in [0.29, 0.717) is 49.2 Å². The number of benzene rings is 3. The standard InChI is InChI=1S/C28H27FN4O2/c29-23-13-11-22(12-14-23)19-31-15-6-16-32(18-17-31)28(35)26-24-9-4-5-10-25(24)27(34)33(30-26)20-21-7-2-1-3-8-21/h1-5,7-14H,6,15-20H2. The van der Waals surface area contributed by atoms with Crippen molar-refractivity contribution in [1.82, 2.24) is 19.6 Å². The Balaban J connectivity index is 1.39. The maximum Gasteiger partial charge on any atom is 0.274 e. The van der Waals surface area contributed by atoms with E-state index in [2.05, 4.69) is 10.00 Å². The number of rotatable bonds is 5. The Hall–Kier alpha value is -3.84. The van der Waals surface area contributed by atoms with E-state index in [1.807, 2.05) is 47.4 Å². The number of carbonyl (C=O) groups is 1. The Morgan fingerprint density at radius 1 is 0.771 bits per heavy atom. The molecule has 1 fully saturated rings. The minimum absolute atomic E-state index is 0.161. The molecule has 1 aromatic heterocycles. The number of hydrogen-bond donors (Lipinski definition) is 0. The van der Waals surface area contributed by atoms with E-state index in [1.54, 1.807) is 24.3 Å². The smallest absolute Gasteiger partial charge is 0.274 e. The molecule has 0 aliphatic carbocycles. The van der Waals surface area contributed by atoms with Crippen molar-refractivity contribution in [3.63, 3.8) is 0 Å². The van der Waals surface area contributed by atoms with Crippen LogP contribution >= 0.6 is 0 Å². The molecule has 4 aromatic rings. The predicted octanol–water partition coefficient (Wildman–Crippen LogP) is 3.93. The van der Waals surface area contributed by atoms with Crippen molar-refractivity contribution in [3.8, 4) is 0 Å². The van der Waals surface area contributed by atoms with Crippen LogP contribution in [0.1, 0.15) is 28.0 Å². The van der Waals surface area contributed by atoms with Crippen LogP contribution < -0.4 is 5.56 Å². The molecule has 3 aromatic carbocycles. The highest BCUT2D eigenvalue weighted by molar-refractivity contribution is 6.04. The summed E-state index contributed by atoms with van der Waals surface area (Å²) in [4.78, 5) is 30.9. The van der Waals surface area contributed by atoms with Gasteiger partial charge in [-0.15, -0.1) is 0 Å². The molecule has 1 aliphatic heterocycles. The largest absolute Gasteiger partial charge is 0.336 e. The first-order valence-electron chi connectivity index (χ1n) is 11.9. The van der Waals surface area contributed by atoms with Gasteiger partial charge in [0.15, 0.2) is 5.69 Å². The van der Waals surface area contributed by atoms with E-state index in [1.165, 1.54) is 16.8 Å². The molecule has 0 radical (unpaired) electrons. The van der Waals surface area contributed by atoms with Crippen molar-refractivity contribution in [2.45, 2.75) is 19.5 Å². The van der Waals surface area contributed by atoms with Gasteiger partial charge in [0.05, 0.1) is 11.9 Å². The van der Waals surface area contributed by atoms with Crippen molar-refractivity contribution in [3.05, 3.63) is 112 Å². The van der Waals surface area contributed by atoms with Crippen molar-refractivity contribution < 1.29 is 9.18 Å². The third-order valence-electron chi connectivity index (χ3n) is 6.44. The zero-order valence-electron chi connectivity index (χ0n) is 19.4. The lowest BCUT2D eigenvalue weighted by Gasteiger charge is -2.22. The van der Waals surface area contributed by atoms with Gasteiger partial charge >= 0.3 is 0 Å². The molecule has 0 saturated carbocycles. The van der Waals surface area contributed by atoms with Gasteiger partial charge < -0.3 is 4.90 Å². The molecule has 0 unspecified atom stereocenters. The first kappa shape index (κ1) is 22.9. The van der Waals surface area contributed by atoms with Gasteiger partial charge in [-0.1, -0.05) is 60.7 Å². The number of amides is 1. The van der Waals surface area contributed by atoms with Gasteiger partial charge in [0.1, 0.15) is 5.82 Å². The number of nitrogens with zero attached hydrogens (tertiary/aromatic N) is 4. The minimum atomic E-state index is -0.241. The summed E-state index contributed by atoms with van der Waals surface area (Å²) in [6, 6.07) is 23.4. The SMILES string of the molecule is O=C(c1nn(Cc2ccccc2)c(=O)c2ccccc12)N1CCCN(Cc2ccc(F)cc2)CC1. The number of aromatic nitrogens is 2. The Labute approximate surface area is 203 Å². The van der Waals surface area contributed by atoms with Crippen LogP contribution in [0.2, 0.25) is 0 Å². The second-order valence-corrected chi connectivity index (χ2v) is 8.89. The van der Waals surface area contributed by atoms with Crippen LogP contribution in [0.4, 0.5) is 4.39 Å². The van der Waals surface area contributed by atoms with Crippen LogP contribution in [0.5, 0.6) is 0 Å². The van der Waals surface area contributed by atoms with Gasteiger partial charge in [0.2, 0.25) is 0 Å². The van der Waals surface area contributed by atoms with E-state index in [4.69, 9.17) is 0 Å². The Bertz CT molecular complexity index is 1390. The third-order valence-corrected chi connectivity index (χ3v) is 6.44. The Morgan fingerprint density at radius 3 is 2.23 bits per heavy atom. The normalized spacial score (nSPS) is 14.7. The molecule has 0 atom stereocenters. The second-order valence-electron chi connectivity index (χ2n) is 8.89. The van der Waals surface area contributed by atoms with E-state index < -0.39 is 0 Å². The van der Waals surface area contributed by atoms with Crippen LogP contribution in [0.25, 0.3) is 10.8 Å². The van der Waals surface area contributed by atoms with Crippen LogP contribution in [0, 0.1) is 5.82 Å². The van der Waals surface area contributed by atoms with Gasteiger partial charge in [-0.2, -0.15) is 5.10 Å². The lowest BCUT2D eigenvalue weighted by atomic mass is 10.1. The highest BCUT2D eigenvalue weighted by Gasteiger charge is 2.24. The number of carbonyl (C=O) groups excluding carboxylic acids is 1. The third kappa shape index (κ3) is 5.15. The van der Waals surface area contributed by atoms with E-state index in [9.17, 15) is 14.0 Å². The van der Waals surface area contributed by atoms with Gasteiger partial charge in [0.25, 0.3) is 11.5 Å². The second kappa shape index (κ2) is 10.2. The Morgan fingerprint density at radius 2 is 1.46 bits per heavy atom. The van der Waals surface area contributed by atoms with Crippen molar-refractivity contribution in [2.24, 2.45) is 0 Å². The van der Waals surface area contributed by atoms with Crippen molar-refractivity contribution in [2.75, 3.05) is 26.2 Å². The van der Waals surface area contributed by atoms with Gasteiger partial charge in [-0.05, 0) is 35.7 Å². The first-order valence-corrected chi connectivity index (χ1v) is 11.9. The molecule has 35 heavy (non-hydrogen) atoms. The lowest BCUT2D eigenvalue weighted by molar-refractivity contribution is 0.0755. The van der Waals surface area contributed by atoms with Gasteiger partial charge in [-0.25, -0.2) is 9.07 Å². The maximum atomic E-state index is 13.7. The summed E-state index contributed by atoms with van der Waals surface area (Å²) in [5.74, 6) is -0.402. The number of fused-ring (bicyclic) bond motifs is 1. The zero-order chi connectivity index (χ0) is 24.2. The molecule has 7 heteroatoms. The van der Waals surface area contributed by atoms with Gasteiger partial charge in [0, 0.05) is 38.1 Å². The molecule has 1 aliphatic rings. The lowest BCUT2D eigenvalue weighted by Crippen LogP contribution is -2.37. The maximum absolute atomic E-state index is 13.7. The van der Waals surface area contributed by atoms with E-state index >= 15 is 0 Å². The summed E-state index contributed by atoms with van der Waals surface area (Å²) in [6.45, 7) is 3.76. The molecule has 2 heterocycles. The molecule has 1 amide bonds. The molecular weight excluding hydrogens is 443 g/mol. The molecule has 0 N–H and O–H groups in total. The zero-order valence-corrected chi connectivity index (χ0v) is 19.4. The summed E-state index contributed by atoms with van der Waals surface area (Å²) < 4.78 is 14.6. The van der Waals surface area contributed by atoms with Crippen LogP contribution in [0.3, 0.4) is 0 Å². The van der Waals surface area contributed by atoms with Crippen molar-refractivity contribution >= 4 is 16.7 Å². The summed E-state index contributed by atoms with van der Waals surface area (Å²) >= 11 is 0. The van der Waals surface area contributed by atoms with E-state index in [0.717, 1.165) is 24.1 Å². The van der Waals surface area contributed by atoms with Crippen molar-refractivity contribution in [1.29, 1.82) is 0 Å². The van der Waals surface area contributed by atoms with Crippen LogP contribution in [0.15, 0.2) is 83.7 Å². The highest BCUT2D eigenvalue weighted by Crippen LogP contribution is 2.18. The molecular formula is C28H27FN4O2. The summed E-state index contributed by atoms with van der Waals surface area (Å²) in [5, 5.41) is 5.64. The fraction of sp³-hybridized carbons (Fsp3) is 0.250. The quantitative estimate of drug-likeness (QED) is 0.444. The molecule has 178 valence electrons. The molecule has 1 saturated heterocycles. The summed E-state index contributed by atoms with van der Waals surface area (Å²) in [7, 11) is 0. The highest BCUT2D eigenvalue weighted by atomic mass is 19.1. The number of halogens is 1. The number of hydrogen-bond acceptors (Lipinski definition) is 4. The minimum Gasteiger partial charge on any atom is -0.336 e. The first-order chi connectivity index (χ1) is 17.1. The molecule has 0 spiro atoms. The summed E-state index contributed by atoms with van der Waals surface area (Å²) in [6.07, 6.45) is 0.828. The Kier molecular flexibility index (Phi) is 6.68. The fourth-order valence-corrected chi connectivity index (χ4v) is 4.59.